The van der Waals surface area contributed by atoms with Crippen LogP contribution in [-0.4, -0.2) is 30.7 Å². The van der Waals surface area contributed by atoms with Crippen molar-refractivity contribution < 1.29 is 23.5 Å². The van der Waals surface area contributed by atoms with Crippen LogP contribution < -0.4 is 15.4 Å². The molecule has 0 bridgehead atoms. The zero-order valence-electron chi connectivity index (χ0n) is 16.2. The summed E-state index contributed by atoms with van der Waals surface area (Å²) in [5, 5.41) is 5.15. The molecule has 0 heterocycles. The first-order chi connectivity index (χ1) is 14.9. The number of anilines is 1. The summed E-state index contributed by atoms with van der Waals surface area (Å²) in [6.07, 6.45) is 0. The molecular formula is C23H18BrFN2O4. The number of amides is 2. The maximum absolute atomic E-state index is 13.0. The third-order valence-corrected chi connectivity index (χ3v) is 4.88. The SMILES string of the molecule is O=C(COc1ccc(C(=O)c2ccc(F)cc2)cc1)NCC(=O)Nc1ccccc1Br. The second kappa shape index (κ2) is 10.5. The monoisotopic (exact) mass is 484 g/mol. The predicted octanol–water partition coefficient (Wildman–Crippen LogP) is 3.95. The summed E-state index contributed by atoms with van der Waals surface area (Å²) in [7, 11) is 0. The number of hydrogen-bond donors (Lipinski definition) is 2. The highest BCUT2D eigenvalue weighted by molar-refractivity contribution is 9.10. The van der Waals surface area contributed by atoms with E-state index in [1.807, 2.05) is 6.07 Å². The van der Waals surface area contributed by atoms with Gasteiger partial charge >= 0.3 is 0 Å². The molecule has 0 aliphatic carbocycles. The average Bonchev–Trinajstić information content (AvgIpc) is 2.78. The van der Waals surface area contributed by atoms with E-state index < -0.39 is 11.7 Å². The van der Waals surface area contributed by atoms with Crippen LogP contribution in [0.4, 0.5) is 10.1 Å². The van der Waals surface area contributed by atoms with Gasteiger partial charge in [-0.3, -0.25) is 14.4 Å². The Labute approximate surface area is 186 Å². The van der Waals surface area contributed by atoms with Crippen molar-refractivity contribution in [3.8, 4) is 5.75 Å². The lowest BCUT2D eigenvalue weighted by molar-refractivity contribution is -0.125. The molecule has 0 aliphatic heterocycles. The van der Waals surface area contributed by atoms with Crippen LogP contribution in [0, 0.1) is 5.82 Å². The first-order valence-electron chi connectivity index (χ1n) is 9.26. The van der Waals surface area contributed by atoms with E-state index in [1.165, 1.54) is 24.3 Å². The van der Waals surface area contributed by atoms with Gasteiger partial charge in [0, 0.05) is 15.6 Å². The van der Waals surface area contributed by atoms with Gasteiger partial charge in [-0.2, -0.15) is 0 Å². The van der Waals surface area contributed by atoms with Crippen molar-refractivity contribution >= 4 is 39.2 Å². The van der Waals surface area contributed by atoms with Crippen molar-refractivity contribution in [1.29, 1.82) is 0 Å². The molecule has 0 saturated heterocycles. The molecule has 3 aromatic rings. The fourth-order valence-electron chi connectivity index (χ4n) is 2.61. The average molecular weight is 485 g/mol. The smallest absolute Gasteiger partial charge is 0.258 e. The summed E-state index contributed by atoms with van der Waals surface area (Å²) in [6, 6.07) is 18.7. The Morgan fingerprint density at radius 3 is 2.10 bits per heavy atom. The quantitative estimate of drug-likeness (QED) is 0.474. The Morgan fingerprint density at radius 1 is 0.839 bits per heavy atom. The van der Waals surface area contributed by atoms with Gasteiger partial charge in [-0.05, 0) is 76.6 Å². The first-order valence-corrected chi connectivity index (χ1v) is 10.1. The standard InChI is InChI=1S/C23H18BrFN2O4/c24-19-3-1-2-4-20(19)27-21(28)13-26-22(29)14-31-18-11-7-16(8-12-18)23(30)15-5-9-17(25)10-6-15/h1-12H,13-14H2,(H,26,29)(H,27,28). The second-order valence-corrected chi connectivity index (χ2v) is 7.31. The number of ketones is 1. The number of nitrogens with one attached hydrogen (secondary N) is 2. The molecule has 3 aromatic carbocycles. The molecule has 2 amide bonds. The second-order valence-electron chi connectivity index (χ2n) is 6.45. The normalized spacial score (nSPS) is 10.3. The highest BCUT2D eigenvalue weighted by Gasteiger charge is 2.11. The molecule has 0 saturated carbocycles. The highest BCUT2D eigenvalue weighted by Crippen LogP contribution is 2.21. The van der Waals surface area contributed by atoms with Crippen LogP contribution in [0.15, 0.2) is 77.3 Å². The maximum atomic E-state index is 13.0. The molecular weight excluding hydrogens is 467 g/mol. The minimum Gasteiger partial charge on any atom is -0.484 e. The van der Waals surface area contributed by atoms with Crippen molar-refractivity contribution in [3.05, 3.63) is 94.2 Å². The number of hydrogen-bond acceptors (Lipinski definition) is 4. The van der Waals surface area contributed by atoms with Crippen LogP contribution in [0.25, 0.3) is 0 Å². The topological polar surface area (TPSA) is 84.5 Å². The Hall–Kier alpha value is -3.52. The molecule has 0 radical (unpaired) electrons. The van der Waals surface area contributed by atoms with E-state index in [9.17, 15) is 18.8 Å². The van der Waals surface area contributed by atoms with Crippen LogP contribution >= 0.6 is 15.9 Å². The Balaban J connectivity index is 1.45. The highest BCUT2D eigenvalue weighted by atomic mass is 79.9. The van der Waals surface area contributed by atoms with E-state index in [2.05, 4.69) is 26.6 Å². The first kappa shape index (κ1) is 22.2. The number of rotatable bonds is 8. The molecule has 0 spiro atoms. The molecule has 3 rings (SSSR count). The van der Waals surface area contributed by atoms with Crippen molar-refractivity contribution in [2.45, 2.75) is 0 Å². The van der Waals surface area contributed by atoms with Crippen molar-refractivity contribution in [1.82, 2.24) is 5.32 Å². The largest absolute Gasteiger partial charge is 0.484 e. The van der Waals surface area contributed by atoms with E-state index in [0.29, 0.717) is 22.6 Å². The third kappa shape index (κ3) is 6.48. The van der Waals surface area contributed by atoms with Crippen LogP contribution in [0.2, 0.25) is 0 Å². The summed E-state index contributed by atoms with van der Waals surface area (Å²) in [5.41, 5.74) is 1.38. The number of halogens is 2. The molecule has 0 atom stereocenters. The number of carbonyl (C=O) groups is 3. The van der Waals surface area contributed by atoms with Crippen molar-refractivity contribution in [3.63, 3.8) is 0 Å². The Morgan fingerprint density at radius 2 is 1.45 bits per heavy atom. The van der Waals surface area contributed by atoms with Gasteiger partial charge in [-0.1, -0.05) is 12.1 Å². The number of benzene rings is 3. The van der Waals surface area contributed by atoms with E-state index in [4.69, 9.17) is 4.74 Å². The predicted molar refractivity (Wildman–Crippen MR) is 118 cm³/mol. The molecule has 158 valence electrons. The fourth-order valence-corrected chi connectivity index (χ4v) is 2.99. The molecule has 6 nitrogen and oxygen atoms in total. The van der Waals surface area contributed by atoms with Gasteiger partial charge in [0.2, 0.25) is 5.91 Å². The summed E-state index contributed by atoms with van der Waals surface area (Å²) >= 11 is 3.33. The number of para-hydroxylation sites is 1. The van der Waals surface area contributed by atoms with Gasteiger partial charge < -0.3 is 15.4 Å². The lowest BCUT2D eigenvalue weighted by Gasteiger charge is -2.09. The van der Waals surface area contributed by atoms with E-state index in [-0.39, 0.29) is 24.8 Å². The van der Waals surface area contributed by atoms with Crippen LogP contribution in [0.1, 0.15) is 15.9 Å². The third-order valence-electron chi connectivity index (χ3n) is 4.19. The van der Waals surface area contributed by atoms with E-state index in [0.717, 1.165) is 4.47 Å². The molecule has 31 heavy (non-hydrogen) atoms. The van der Waals surface area contributed by atoms with Gasteiger partial charge in [0.05, 0.1) is 12.2 Å². The Kier molecular flexibility index (Phi) is 7.50. The van der Waals surface area contributed by atoms with Gasteiger partial charge in [0.25, 0.3) is 5.91 Å². The molecule has 0 fully saturated rings. The molecule has 0 aromatic heterocycles. The number of carbonyl (C=O) groups excluding carboxylic acids is 3. The van der Waals surface area contributed by atoms with Gasteiger partial charge in [0.1, 0.15) is 11.6 Å². The van der Waals surface area contributed by atoms with Gasteiger partial charge in [-0.25, -0.2) is 4.39 Å². The van der Waals surface area contributed by atoms with Crippen LogP contribution in [-0.2, 0) is 9.59 Å². The lowest BCUT2D eigenvalue weighted by atomic mass is 10.0. The minimum atomic E-state index is -0.464. The van der Waals surface area contributed by atoms with Gasteiger partial charge in [-0.15, -0.1) is 0 Å². The van der Waals surface area contributed by atoms with Crippen molar-refractivity contribution in [2.75, 3.05) is 18.5 Å². The molecule has 2 N–H and O–H groups in total. The molecule has 8 heteroatoms. The van der Waals surface area contributed by atoms with E-state index >= 15 is 0 Å². The van der Waals surface area contributed by atoms with Crippen LogP contribution in [0.5, 0.6) is 5.75 Å². The lowest BCUT2D eigenvalue weighted by Crippen LogP contribution is -2.35. The zero-order valence-corrected chi connectivity index (χ0v) is 17.8. The van der Waals surface area contributed by atoms with E-state index in [1.54, 1.807) is 42.5 Å². The summed E-state index contributed by atoms with van der Waals surface area (Å²) in [5.74, 6) is -1.11. The Bertz CT molecular complexity index is 1090. The summed E-state index contributed by atoms with van der Waals surface area (Å²) in [6.45, 7) is -0.484. The van der Waals surface area contributed by atoms with Gasteiger partial charge in [0.15, 0.2) is 12.4 Å². The molecule has 0 unspecified atom stereocenters. The minimum absolute atomic E-state index is 0.200. The number of ether oxygens (including phenoxy) is 1. The fraction of sp³-hybridized carbons (Fsp3) is 0.0870. The van der Waals surface area contributed by atoms with Crippen LogP contribution in [0.3, 0.4) is 0 Å². The van der Waals surface area contributed by atoms with Crippen molar-refractivity contribution in [2.24, 2.45) is 0 Å². The maximum Gasteiger partial charge on any atom is 0.258 e. The zero-order chi connectivity index (χ0) is 22.2. The summed E-state index contributed by atoms with van der Waals surface area (Å²) in [4.78, 5) is 36.2. The molecule has 0 aliphatic rings. The summed E-state index contributed by atoms with van der Waals surface area (Å²) < 4.78 is 19.1.